The monoisotopic (exact) mass is 325 g/mol. The second-order valence-electron chi connectivity index (χ2n) is 4.74. The molecule has 2 aliphatic rings. The van der Waals surface area contributed by atoms with Gasteiger partial charge < -0.3 is 10.6 Å². The fourth-order valence-corrected chi connectivity index (χ4v) is 3.92. The van der Waals surface area contributed by atoms with Gasteiger partial charge in [-0.1, -0.05) is 0 Å². The van der Waals surface area contributed by atoms with Crippen LogP contribution in [0.5, 0.6) is 0 Å². The number of aliphatic imine (C=N–C) groups is 1. The minimum Gasteiger partial charge on any atom is -0.369 e. The average Bonchev–Trinajstić information content (AvgIpc) is 2.84. The van der Waals surface area contributed by atoms with E-state index in [1.807, 2.05) is 5.38 Å². The predicted molar refractivity (Wildman–Crippen MR) is 75.4 cm³/mol. The number of fused-ring (bicyclic) bond motifs is 1. The molecule has 0 radical (unpaired) electrons. The molecule has 0 aromatic carbocycles. The van der Waals surface area contributed by atoms with Crippen LogP contribution in [0.25, 0.3) is 0 Å². The molecule has 0 saturated heterocycles. The highest BCUT2D eigenvalue weighted by Gasteiger charge is 2.38. The Morgan fingerprint density at radius 1 is 1.61 bits per heavy atom. The van der Waals surface area contributed by atoms with Crippen LogP contribution in [0.15, 0.2) is 32.7 Å². The van der Waals surface area contributed by atoms with Gasteiger partial charge in [0.1, 0.15) is 5.54 Å². The van der Waals surface area contributed by atoms with Crippen molar-refractivity contribution in [1.29, 1.82) is 0 Å². The fourth-order valence-electron chi connectivity index (χ4n) is 2.38. The first kappa shape index (κ1) is 11.9. The highest BCUT2D eigenvalue weighted by atomic mass is 79.9. The van der Waals surface area contributed by atoms with E-state index < -0.39 is 0 Å². The molecule has 94 valence electrons. The van der Waals surface area contributed by atoms with Crippen molar-refractivity contribution < 1.29 is 4.79 Å². The molecule has 0 unspecified atom stereocenters. The summed E-state index contributed by atoms with van der Waals surface area (Å²) in [5.74, 6) is 0.533. The standard InChI is InChI=1S/C12H12BrN3OS/c1-12(10-2-7(13)6-18-10)4-8-3-9(17)5-16(8)11(14)15-12/h2-3,6H,4-5H2,1H3,(H2,14,15)/t12-/m0/s1. The van der Waals surface area contributed by atoms with Crippen molar-refractivity contribution >= 4 is 39.0 Å². The third-order valence-electron chi connectivity index (χ3n) is 3.25. The van der Waals surface area contributed by atoms with Crippen LogP contribution in [0.4, 0.5) is 0 Å². The Morgan fingerprint density at radius 3 is 3.06 bits per heavy atom. The largest absolute Gasteiger partial charge is 0.369 e. The third kappa shape index (κ3) is 1.80. The third-order valence-corrected chi connectivity index (χ3v) is 5.19. The summed E-state index contributed by atoms with van der Waals surface area (Å²) in [7, 11) is 0. The van der Waals surface area contributed by atoms with Crippen LogP contribution in [0.2, 0.25) is 0 Å². The first-order valence-corrected chi connectivity index (χ1v) is 7.26. The highest BCUT2D eigenvalue weighted by Crippen LogP contribution is 2.41. The Kier molecular flexibility index (Phi) is 2.60. The number of thiophene rings is 1. The zero-order valence-electron chi connectivity index (χ0n) is 9.81. The van der Waals surface area contributed by atoms with Crippen molar-refractivity contribution in [1.82, 2.24) is 4.90 Å². The maximum Gasteiger partial charge on any atom is 0.196 e. The van der Waals surface area contributed by atoms with Crippen LogP contribution in [0, 0.1) is 0 Å². The van der Waals surface area contributed by atoms with E-state index in [0.717, 1.165) is 15.0 Å². The number of nitrogens with zero attached hydrogens (tertiary/aromatic N) is 2. The van der Waals surface area contributed by atoms with Crippen LogP contribution in [-0.4, -0.2) is 23.2 Å². The fraction of sp³-hybridized carbons (Fsp3) is 0.333. The van der Waals surface area contributed by atoms with E-state index >= 15 is 0 Å². The molecule has 3 rings (SSSR count). The molecule has 0 aliphatic carbocycles. The van der Waals surface area contributed by atoms with Gasteiger partial charge in [-0.2, -0.15) is 0 Å². The lowest BCUT2D eigenvalue weighted by Gasteiger charge is -2.35. The Morgan fingerprint density at radius 2 is 2.39 bits per heavy atom. The lowest BCUT2D eigenvalue weighted by atomic mass is 9.93. The summed E-state index contributed by atoms with van der Waals surface area (Å²) in [6.07, 6.45) is 2.40. The smallest absolute Gasteiger partial charge is 0.196 e. The first-order chi connectivity index (χ1) is 8.48. The van der Waals surface area contributed by atoms with Crippen LogP contribution in [-0.2, 0) is 10.3 Å². The summed E-state index contributed by atoms with van der Waals surface area (Å²) in [4.78, 5) is 19.0. The number of carbonyl (C=O) groups is 1. The number of nitrogens with two attached hydrogens (primary N) is 1. The van der Waals surface area contributed by atoms with Crippen molar-refractivity contribution in [3.63, 3.8) is 0 Å². The van der Waals surface area contributed by atoms with E-state index in [1.165, 1.54) is 0 Å². The summed E-state index contributed by atoms with van der Waals surface area (Å²) >= 11 is 5.11. The van der Waals surface area contributed by atoms with E-state index in [-0.39, 0.29) is 11.3 Å². The van der Waals surface area contributed by atoms with Crippen molar-refractivity contribution in [2.45, 2.75) is 18.9 Å². The number of halogens is 1. The van der Waals surface area contributed by atoms with E-state index in [1.54, 1.807) is 22.3 Å². The number of hydrogen-bond donors (Lipinski definition) is 1. The Hall–Kier alpha value is -1.14. The molecule has 1 atom stereocenters. The molecular formula is C12H12BrN3OS. The molecule has 3 heterocycles. The number of hydrogen-bond acceptors (Lipinski definition) is 5. The lowest BCUT2D eigenvalue weighted by molar-refractivity contribution is -0.113. The maximum atomic E-state index is 11.5. The van der Waals surface area contributed by atoms with Crippen LogP contribution in [0.3, 0.4) is 0 Å². The second-order valence-corrected chi connectivity index (χ2v) is 6.56. The summed E-state index contributed by atoms with van der Waals surface area (Å²) in [6, 6.07) is 2.06. The number of rotatable bonds is 1. The van der Waals surface area contributed by atoms with E-state index in [4.69, 9.17) is 5.73 Å². The van der Waals surface area contributed by atoms with Gasteiger partial charge in [-0.25, -0.2) is 4.99 Å². The molecule has 1 aromatic rings. The average molecular weight is 326 g/mol. The Labute approximate surface area is 117 Å². The molecule has 0 amide bonds. The zero-order valence-corrected chi connectivity index (χ0v) is 12.2. The topological polar surface area (TPSA) is 58.7 Å². The van der Waals surface area contributed by atoms with Crippen molar-refractivity contribution in [2.24, 2.45) is 10.7 Å². The van der Waals surface area contributed by atoms with Gasteiger partial charge in [-0.3, -0.25) is 4.79 Å². The van der Waals surface area contributed by atoms with Gasteiger partial charge >= 0.3 is 0 Å². The summed E-state index contributed by atoms with van der Waals surface area (Å²) in [6.45, 7) is 2.38. The van der Waals surface area contributed by atoms with Crippen molar-refractivity contribution in [3.8, 4) is 0 Å². The molecule has 4 nitrogen and oxygen atoms in total. The summed E-state index contributed by atoms with van der Waals surface area (Å²) in [5, 5.41) is 2.03. The molecule has 6 heteroatoms. The minimum atomic E-state index is -0.367. The van der Waals surface area contributed by atoms with Gasteiger partial charge in [0.2, 0.25) is 0 Å². The SMILES string of the molecule is C[C@@]1(c2cc(Br)cs2)CC2=CC(=O)CN2C(N)=N1. The van der Waals surface area contributed by atoms with Crippen molar-refractivity contribution in [3.05, 3.63) is 32.6 Å². The zero-order chi connectivity index (χ0) is 12.9. The van der Waals surface area contributed by atoms with E-state index in [9.17, 15) is 4.79 Å². The van der Waals surface area contributed by atoms with Gasteiger partial charge in [0, 0.05) is 32.9 Å². The van der Waals surface area contributed by atoms with Crippen molar-refractivity contribution in [2.75, 3.05) is 6.54 Å². The molecule has 0 spiro atoms. The molecule has 1 aromatic heterocycles. The van der Waals surface area contributed by atoms with Gasteiger partial charge in [0.05, 0.1) is 6.54 Å². The molecule has 0 saturated carbocycles. The minimum absolute atomic E-state index is 0.0970. The molecular weight excluding hydrogens is 314 g/mol. The second kappa shape index (κ2) is 3.93. The van der Waals surface area contributed by atoms with Gasteiger partial charge in [-0.05, 0) is 28.9 Å². The summed E-state index contributed by atoms with van der Waals surface area (Å²) in [5.41, 5.74) is 6.58. The van der Waals surface area contributed by atoms with E-state index in [0.29, 0.717) is 18.9 Å². The quantitative estimate of drug-likeness (QED) is 0.861. The molecule has 2 N–H and O–H groups in total. The number of carbonyl (C=O) groups excluding carboxylic acids is 1. The maximum absolute atomic E-state index is 11.5. The first-order valence-electron chi connectivity index (χ1n) is 5.59. The highest BCUT2D eigenvalue weighted by molar-refractivity contribution is 9.10. The molecule has 0 fully saturated rings. The normalized spacial score (nSPS) is 27.0. The number of ketones is 1. The van der Waals surface area contributed by atoms with Gasteiger partial charge in [0.25, 0.3) is 0 Å². The van der Waals surface area contributed by atoms with E-state index in [2.05, 4.69) is 33.9 Å². The molecule has 2 aliphatic heterocycles. The molecule has 0 bridgehead atoms. The van der Waals surface area contributed by atoms with Gasteiger partial charge in [0.15, 0.2) is 11.7 Å². The van der Waals surface area contributed by atoms with Crippen LogP contribution in [0.1, 0.15) is 18.2 Å². The summed E-state index contributed by atoms with van der Waals surface area (Å²) < 4.78 is 1.05. The van der Waals surface area contributed by atoms with Gasteiger partial charge in [-0.15, -0.1) is 11.3 Å². The van der Waals surface area contributed by atoms with Crippen LogP contribution >= 0.6 is 27.3 Å². The Balaban J connectivity index is 2.05. The molecule has 18 heavy (non-hydrogen) atoms. The van der Waals surface area contributed by atoms with Crippen LogP contribution < -0.4 is 5.73 Å². The lowest BCUT2D eigenvalue weighted by Crippen LogP contribution is -2.43. The predicted octanol–water partition coefficient (Wildman–Crippen LogP) is 2.21. The number of guanidine groups is 1. The Bertz CT molecular complexity index is 592.